The Hall–Kier alpha value is -1.84. The van der Waals surface area contributed by atoms with Crippen LogP contribution in [0, 0.1) is 6.92 Å². The number of aryl methyl sites for hydroxylation is 2. The Kier molecular flexibility index (Phi) is 3.97. The van der Waals surface area contributed by atoms with Crippen LogP contribution in [-0.4, -0.2) is 22.2 Å². The highest BCUT2D eigenvalue weighted by atomic mass is 16.1. The van der Waals surface area contributed by atoms with Gasteiger partial charge in [0.25, 0.3) is 0 Å². The molecule has 4 nitrogen and oxygen atoms in total. The number of carbonyl (C=O) groups excluding carboxylic acids is 1. The zero-order valence-corrected chi connectivity index (χ0v) is 10.9. The van der Waals surface area contributed by atoms with Gasteiger partial charge in [0, 0.05) is 18.4 Å². The van der Waals surface area contributed by atoms with E-state index < -0.39 is 0 Å². The van der Waals surface area contributed by atoms with Gasteiger partial charge in [-0.05, 0) is 25.5 Å². The van der Waals surface area contributed by atoms with Crippen molar-refractivity contribution in [3.05, 3.63) is 30.0 Å². The lowest BCUT2D eigenvalue weighted by molar-refractivity contribution is -0.121. The van der Waals surface area contributed by atoms with Crippen LogP contribution in [0.4, 0.5) is 0 Å². The van der Waals surface area contributed by atoms with Crippen molar-refractivity contribution < 1.29 is 4.79 Å². The fourth-order valence-corrected chi connectivity index (χ4v) is 1.94. The standard InChI is InChI=1S/C14H19N3O/c1-3-7-15-14(18)6-8-17-13-5-4-11(2)9-12(13)10-16-17/h4-5,9-10H,3,6-8H2,1-2H3,(H,15,18). The van der Waals surface area contributed by atoms with Crippen molar-refractivity contribution in [2.75, 3.05) is 6.54 Å². The molecule has 0 unspecified atom stereocenters. The first-order valence-corrected chi connectivity index (χ1v) is 6.39. The molecule has 4 heteroatoms. The Morgan fingerprint density at radius 3 is 3.06 bits per heavy atom. The smallest absolute Gasteiger partial charge is 0.221 e. The molecule has 0 saturated heterocycles. The summed E-state index contributed by atoms with van der Waals surface area (Å²) in [5, 5.41) is 8.33. The molecule has 96 valence electrons. The summed E-state index contributed by atoms with van der Waals surface area (Å²) in [6.45, 7) is 5.48. The van der Waals surface area contributed by atoms with Crippen LogP contribution >= 0.6 is 0 Å². The van der Waals surface area contributed by atoms with Crippen LogP contribution < -0.4 is 5.32 Å². The number of aromatic nitrogens is 2. The normalized spacial score (nSPS) is 10.8. The molecule has 0 aliphatic heterocycles. The summed E-state index contributed by atoms with van der Waals surface area (Å²) < 4.78 is 1.89. The van der Waals surface area contributed by atoms with Crippen LogP contribution in [-0.2, 0) is 11.3 Å². The van der Waals surface area contributed by atoms with Gasteiger partial charge in [-0.3, -0.25) is 9.48 Å². The van der Waals surface area contributed by atoms with Gasteiger partial charge in [-0.25, -0.2) is 0 Å². The van der Waals surface area contributed by atoms with Gasteiger partial charge in [0.2, 0.25) is 5.91 Å². The van der Waals surface area contributed by atoms with E-state index in [1.54, 1.807) is 0 Å². The number of hydrogen-bond acceptors (Lipinski definition) is 2. The second kappa shape index (κ2) is 5.67. The summed E-state index contributed by atoms with van der Waals surface area (Å²) in [6, 6.07) is 6.23. The van der Waals surface area contributed by atoms with Crippen molar-refractivity contribution in [1.29, 1.82) is 0 Å². The summed E-state index contributed by atoms with van der Waals surface area (Å²) in [6.07, 6.45) is 3.30. The van der Waals surface area contributed by atoms with E-state index in [-0.39, 0.29) is 5.91 Å². The van der Waals surface area contributed by atoms with Crippen molar-refractivity contribution in [2.45, 2.75) is 33.2 Å². The minimum atomic E-state index is 0.0904. The van der Waals surface area contributed by atoms with Crippen LogP contribution in [0.1, 0.15) is 25.3 Å². The van der Waals surface area contributed by atoms with Gasteiger partial charge < -0.3 is 5.32 Å². The lowest BCUT2D eigenvalue weighted by Crippen LogP contribution is -2.25. The highest BCUT2D eigenvalue weighted by Crippen LogP contribution is 2.15. The molecule has 0 radical (unpaired) electrons. The summed E-state index contributed by atoms with van der Waals surface area (Å²) in [7, 11) is 0. The Labute approximate surface area is 107 Å². The van der Waals surface area contributed by atoms with Crippen LogP contribution in [0.25, 0.3) is 10.9 Å². The zero-order valence-electron chi connectivity index (χ0n) is 10.9. The molecule has 0 bridgehead atoms. The third-order valence-corrected chi connectivity index (χ3v) is 2.92. The quantitative estimate of drug-likeness (QED) is 0.878. The number of nitrogens with one attached hydrogen (secondary N) is 1. The van der Waals surface area contributed by atoms with Crippen molar-refractivity contribution in [2.24, 2.45) is 0 Å². The maximum Gasteiger partial charge on any atom is 0.221 e. The monoisotopic (exact) mass is 245 g/mol. The average Bonchev–Trinajstić information content (AvgIpc) is 2.76. The minimum absolute atomic E-state index is 0.0904. The molecule has 1 aromatic carbocycles. The third kappa shape index (κ3) is 2.88. The van der Waals surface area contributed by atoms with Gasteiger partial charge in [-0.2, -0.15) is 5.10 Å². The number of hydrogen-bond donors (Lipinski definition) is 1. The van der Waals surface area contributed by atoms with E-state index in [1.807, 2.05) is 17.8 Å². The van der Waals surface area contributed by atoms with Crippen LogP contribution in [0.15, 0.2) is 24.4 Å². The van der Waals surface area contributed by atoms with E-state index in [9.17, 15) is 4.79 Å². The second-order valence-electron chi connectivity index (χ2n) is 4.53. The first-order valence-electron chi connectivity index (χ1n) is 6.39. The molecule has 1 amide bonds. The largest absolute Gasteiger partial charge is 0.356 e. The summed E-state index contributed by atoms with van der Waals surface area (Å²) in [4.78, 5) is 11.5. The Balaban J connectivity index is 2.02. The average molecular weight is 245 g/mol. The lowest BCUT2D eigenvalue weighted by atomic mass is 10.2. The SMILES string of the molecule is CCCNC(=O)CCn1ncc2cc(C)ccc21. The van der Waals surface area contributed by atoms with Crippen molar-refractivity contribution in [3.8, 4) is 0 Å². The van der Waals surface area contributed by atoms with E-state index in [2.05, 4.69) is 35.5 Å². The fourth-order valence-electron chi connectivity index (χ4n) is 1.94. The van der Waals surface area contributed by atoms with Gasteiger partial charge in [0.1, 0.15) is 0 Å². The highest BCUT2D eigenvalue weighted by Gasteiger charge is 2.05. The zero-order chi connectivity index (χ0) is 13.0. The molecule has 0 aliphatic carbocycles. The number of fused-ring (bicyclic) bond motifs is 1. The number of carbonyl (C=O) groups is 1. The maximum absolute atomic E-state index is 11.5. The molecular weight excluding hydrogens is 226 g/mol. The molecule has 2 rings (SSSR count). The molecule has 0 fully saturated rings. The Morgan fingerprint density at radius 1 is 1.44 bits per heavy atom. The topological polar surface area (TPSA) is 46.9 Å². The lowest BCUT2D eigenvalue weighted by Gasteiger charge is -2.05. The van der Waals surface area contributed by atoms with E-state index in [1.165, 1.54) is 5.56 Å². The molecule has 1 aromatic heterocycles. The molecule has 0 atom stereocenters. The predicted octanol–water partition coefficient (Wildman–Crippen LogP) is 2.26. The van der Waals surface area contributed by atoms with Crippen molar-refractivity contribution >= 4 is 16.8 Å². The Bertz CT molecular complexity index is 545. The van der Waals surface area contributed by atoms with Gasteiger partial charge in [-0.15, -0.1) is 0 Å². The van der Waals surface area contributed by atoms with Gasteiger partial charge in [0.15, 0.2) is 0 Å². The number of benzene rings is 1. The molecule has 0 aliphatic rings. The minimum Gasteiger partial charge on any atom is -0.356 e. The molecule has 0 saturated carbocycles. The van der Waals surface area contributed by atoms with Gasteiger partial charge in [0.05, 0.1) is 18.3 Å². The molecule has 1 N–H and O–H groups in total. The van der Waals surface area contributed by atoms with Crippen molar-refractivity contribution in [1.82, 2.24) is 15.1 Å². The summed E-state index contributed by atoms with van der Waals surface area (Å²) in [5.74, 6) is 0.0904. The third-order valence-electron chi connectivity index (χ3n) is 2.92. The molecule has 18 heavy (non-hydrogen) atoms. The van der Waals surface area contributed by atoms with Gasteiger partial charge in [-0.1, -0.05) is 18.6 Å². The van der Waals surface area contributed by atoms with Crippen molar-refractivity contribution in [3.63, 3.8) is 0 Å². The first kappa shape index (κ1) is 12.6. The molecule has 1 heterocycles. The molecule has 2 aromatic rings. The maximum atomic E-state index is 11.5. The van der Waals surface area contributed by atoms with Crippen LogP contribution in [0.5, 0.6) is 0 Å². The van der Waals surface area contributed by atoms with E-state index in [4.69, 9.17) is 0 Å². The van der Waals surface area contributed by atoms with Crippen LogP contribution in [0.2, 0.25) is 0 Å². The summed E-state index contributed by atoms with van der Waals surface area (Å²) in [5.41, 5.74) is 2.31. The number of amides is 1. The van der Waals surface area contributed by atoms with E-state index in [0.717, 1.165) is 23.9 Å². The highest BCUT2D eigenvalue weighted by molar-refractivity contribution is 5.80. The summed E-state index contributed by atoms with van der Waals surface area (Å²) >= 11 is 0. The first-order chi connectivity index (χ1) is 8.70. The fraction of sp³-hybridized carbons (Fsp3) is 0.429. The van der Waals surface area contributed by atoms with Gasteiger partial charge >= 0.3 is 0 Å². The van der Waals surface area contributed by atoms with E-state index in [0.29, 0.717) is 13.0 Å². The predicted molar refractivity (Wildman–Crippen MR) is 72.4 cm³/mol. The molecule has 0 spiro atoms. The Morgan fingerprint density at radius 2 is 2.28 bits per heavy atom. The molecular formula is C14H19N3O. The number of rotatable bonds is 5. The second-order valence-corrected chi connectivity index (χ2v) is 4.53. The van der Waals surface area contributed by atoms with E-state index >= 15 is 0 Å². The van der Waals surface area contributed by atoms with Crippen LogP contribution in [0.3, 0.4) is 0 Å². The number of nitrogens with zero attached hydrogens (tertiary/aromatic N) is 2.